The summed E-state index contributed by atoms with van der Waals surface area (Å²) in [7, 11) is 4.88. The molecule has 0 radical (unpaired) electrons. The van der Waals surface area contributed by atoms with Gasteiger partial charge in [-0.1, -0.05) is 19.4 Å². The van der Waals surface area contributed by atoms with Crippen LogP contribution in [0, 0.1) is 0 Å². The average Bonchev–Trinajstić information content (AvgIpc) is 2.45. The second-order valence-electron chi connectivity index (χ2n) is 4.82. The summed E-state index contributed by atoms with van der Waals surface area (Å²) in [6.07, 6.45) is 5.52. The Kier molecular flexibility index (Phi) is 9.46. The first kappa shape index (κ1) is 19.1. The standard InChI is InChI=1S/C15H28O5/c1-6-9-13(18-3)15(19-4,20-5)11-8-7-10-12(2)14(16)17/h10,13H,6-9,11H2,1-5H3,(H,16,17). The van der Waals surface area contributed by atoms with Gasteiger partial charge in [0.05, 0.1) is 0 Å². The first-order valence-electron chi connectivity index (χ1n) is 7.00. The summed E-state index contributed by atoms with van der Waals surface area (Å²) in [6, 6.07) is 0. The number of ether oxygens (including phenoxy) is 3. The first-order valence-corrected chi connectivity index (χ1v) is 7.00. The smallest absolute Gasteiger partial charge is 0.330 e. The van der Waals surface area contributed by atoms with E-state index in [0.717, 1.165) is 19.3 Å². The number of hydrogen-bond donors (Lipinski definition) is 1. The van der Waals surface area contributed by atoms with Gasteiger partial charge in [0.1, 0.15) is 6.10 Å². The molecule has 0 rings (SSSR count). The average molecular weight is 288 g/mol. The van der Waals surface area contributed by atoms with Crippen molar-refractivity contribution in [1.82, 2.24) is 0 Å². The number of aliphatic carboxylic acids is 1. The van der Waals surface area contributed by atoms with Gasteiger partial charge in [-0.2, -0.15) is 0 Å². The molecule has 1 unspecified atom stereocenters. The molecule has 1 N–H and O–H groups in total. The summed E-state index contributed by atoms with van der Waals surface area (Å²) in [5, 5.41) is 8.79. The van der Waals surface area contributed by atoms with Crippen LogP contribution in [0.2, 0.25) is 0 Å². The van der Waals surface area contributed by atoms with Crippen LogP contribution >= 0.6 is 0 Å². The Labute approximate surface area is 121 Å². The van der Waals surface area contributed by atoms with Gasteiger partial charge in [-0.25, -0.2) is 4.79 Å². The highest BCUT2D eigenvalue weighted by atomic mass is 16.7. The van der Waals surface area contributed by atoms with Crippen molar-refractivity contribution in [3.63, 3.8) is 0 Å². The van der Waals surface area contributed by atoms with Gasteiger partial charge >= 0.3 is 5.97 Å². The monoisotopic (exact) mass is 288 g/mol. The third kappa shape index (κ3) is 5.61. The molecule has 20 heavy (non-hydrogen) atoms. The summed E-state index contributed by atoms with van der Waals surface area (Å²) in [6.45, 7) is 3.68. The van der Waals surface area contributed by atoms with Crippen molar-refractivity contribution < 1.29 is 24.1 Å². The minimum Gasteiger partial charge on any atom is -0.478 e. The highest BCUT2D eigenvalue weighted by molar-refractivity contribution is 5.85. The molecule has 0 amide bonds. The second kappa shape index (κ2) is 9.91. The van der Waals surface area contributed by atoms with Crippen LogP contribution in [-0.2, 0) is 19.0 Å². The fourth-order valence-corrected chi connectivity index (χ4v) is 2.25. The van der Waals surface area contributed by atoms with E-state index in [1.807, 2.05) is 0 Å². The summed E-state index contributed by atoms with van der Waals surface area (Å²) >= 11 is 0. The zero-order valence-electron chi connectivity index (χ0n) is 13.3. The lowest BCUT2D eigenvalue weighted by Crippen LogP contribution is -2.47. The zero-order valence-corrected chi connectivity index (χ0v) is 13.3. The molecule has 118 valence electrons. The lowest BCUT2D eigenvalue weighted by atomic mass is 9.98. The van der Waals surface area contributed by atoms with Crippen molar-refractivity contribution >= 4 is 5.97 Å². The molecular formula is C15H28O5. The maximum atomic E-state index is 10.7. The Hall–Kier alpha value is -0.910. The number of hydrogen-bond acceptors (Lipinski definition) is 4. The fraction of sp³-hybridized carbons (Fsp3) is 0.800. The van der Waals surface area contributed by atoms with Gasteiger partial charge < -0.3 is 19.3 Å². The van der Waals surface area contributed by atoms with Gasteiger partial charge in [0.25, 0.3) is 0 Å². The van der Waals surface area contributed by atoms with Crippen LogP contribution in [0.25, 0.3) is 0 Å². The number of rotatable bonds is 11. The Morgan fingerprint density at radius 2 is 1.90 bits per heavy atom. The summed E-state index contributed by atoms with van der Waals surface area (Å²) in [4.78, 5) is 10.7. The summed E-state index contributed by atoms with van der Waals surface area (Å²) < 4.78 is 16.6. The van der Waals surface area contributed by atoms with E-state index in [9.17, 15) is 4.79 Å². The third-order valence-corrected chi connectivity index (χ3v) is 3.53. The lowest BCUT2D eigenvalue weighted by Gasteiger charge is -2.37. The van der Waals surface area contributed by atoms with Crippen LogP contribution in [0.15, 0.2) is 11.6 Å². The van der Waals surface area contributed by atoms with Crippen molar-refractivity contribution in [3.8, 4) is 0 Å². The molecule has 0 aromatic rings. The Balaban J connectivity index is 4.61. The molecule has 0 fully saturated rings. The van der Waals surface area contributed by atoms with E-state index < -0.39 is 11.8 Å². The van der Waals surface area contributed by atoms with Crippen LogP contribution in [0.1, 0.15) is 46.0 Å². The molecule has 5 nitrogen and oxygen atoms in total. The molecule has 0 spiro atoms. The van der Waals surface area contributed by atoms with E-state index in [-0.39, 0.29) is 6.10 Å². The van der Waals surface area contributed by atoms with Gasteiger partial charge in [-0.05, 0) is 26.2 Å². The molecule has 0 aliphatic carbocycles. The molecule has 5 heteroatoms. The van der Waals surface area contributed by atoms with Crippen molar-refractivity contribution in [2.24, 2.45) is 0 Å². The number of carboxylic acid groups (broad SMARTS) is 1. The summed E-state index contributed by atoms with van der Waals surface area (Å²) in [5.74, 6) is -1.65. The van der Waals surface area contributed by atoms with E-state index in [2.05, 4.69) is 6.92 Å². The Morgan fingerprint density at radius 1 is 1.30 bits per heavy atom. The molecule has 0 heterocycles. The van der Waals surface area contributed by atoms with Crippen LogP contribution < -0.4 is 0 Å². The van der Waals surface area contributed by atoms with Crippen LogP contribution in [0.5, 0.6) is 0 Å². The first-order chi connectivity index (χ1) is 9.47. The number of carbonyl (C=O) groups is 1. The largest absolute Gasteiger partial charge is 0.478 e. The predicted octanol–water partition coefficient (Wildman–Crippen LogP) is 2.99. The topological polar surface area (TPSA) is 65.0 Å². The van der Waals surface area contributed by atoms with Gasteiger partial charge in [0, 0.05) is 33.3 Å². The molecule has 0 aliphatic heterocycles. The molecule has 0 aromatic heterocycles. The number of allylic oxidation sites excluding steroid dienone is 1. The van der Waals surface area contributed by atoms with Crippen LogP contribution in [-0.4, -0.2) is 44.3 Å². The van der Waals surface area contributed by atoms with E-state index in [1.54, 1.807) is 34.3 Å². The van der Waals surface area contributed by atoms with Crippen LogP contribution in [0.4, 0.5) is 0 Å². The highest BCUT2D eigenvalue weighted by Crippen LogP contribution is 2.28. The number of unbranched alkanes of at least 4 members (excludes halogenated alkanes) is 1. The van der Waals surface area contributed by atoms with E-state index in [4.69, 9.17) is 19.3 Å². The maximum Gasteiger partial charge on any atom is 0.330 e. The van der Waals surface area contributed by atoms with Crippen molar-refractivity contribution in [3.05, 3.63) is 11.6 Å². The van der Waals surface area contributed by atoms with Crippen molar-refractivity contribution in [2.75, 3.05) is 21.3 Å². The molecule has 0 saturated carbocycles. The highest BCUT2D eigenvalue weighted by Gasteiger charge is 2.38. The van der Waals surface area contributed by atoms with E-state index in [1.165, 1.54) is 0 Å². The lowest BCUT2D eigenvalue weighted by molar-refractivity contribution is -0.269. The normalized spacial score (nSPS) is 14.3. The Bertz CT molecular complexity index is 307. The van der Waals surface area contributed by atoms with Gasteiger partial charge in [0.15, 0.2) is 5.79 Å². The van der Waals surface area contributed by atoms with Gasteiger partial charge in [0.2, 0.25) is 0 Å². The van der Waals surface area contributed by atoms with Gasteiger partial charge in [-0.3, -0.25) is 0 Å². The third-order valence-electron chi connectivity index (χ3n) is 3.53. The molecule has 0 saturated heterocycles. The van der Waals surface area contributed by atoms with Crippen molar-refractivity contribution in [1.29, 1.82) is 0 Å². The SMILES string of the molecule is CCCC(OC)C(CCCC=C(C)C(=O)O)(OC)OC. The quantitative estimate of drug-likeness (QED) is 0.360. The minimum absolute atomic E-state index is 0.132. The summed E-state index contributed by atoms with van der Waals surface area (Å²) in [5.41, 5.74) is 0.363. The second-order valence-corrected chi connectivity index (χ2v) is 4.82. The zero-order chi connectivity index (χ0) is 15.6. The maximum absolute atomic E-state index is 10.7. The number of carboxylic acids is 1. The Morgan fingerprint density at radius 3 is 2.30 bits per heavy atom. The molecular weight excluding hydrogens is 260 g/mol. The van der Waals surface area contributed by atoms with E-state index >= 15 is 0 Å². The molecule has 1 atom stereocenters. The number of methoxy groups -OCH3 is 3. The van der Waals surface area contributed by atoms with Crippen molar-refractivity contribution in [2.45, 2.75) is 57.8 Å². The predicted molar refractivity (Wildman–Crippen MR) is 77.7 cm³/mol. The van der Waals surface area contributed by atoms with E-state index in [0.29, 0.717) is 18.4 Å². The molecule has 0 aromatic carbocycles. The van der Waals surface area contributed by atoms with Crippen LogP contribution in [0.3, 0.4) is 0 Å². The molecule has 0 aliphatic rings. The minimum atomic E-state index is -0.879. The molecule has 0 bridgehead atoms. The fourth-order valence-electron chi connectivity index (χ4n) is 2.25. The van der Waals surface area contributed by atoms with Gasteiger partial charge in [-0.15, -0.1) is 0 Å².